The number of carbonyl (C=O) groups is 2. The highest BCUT2D eigenvalue weighted by molar-refractivity contribution is 8.00. The van der Waals surface area contributed by atoms with Gasteiger partial charge in [0.15, 0.2) is 22.5 Å². The van der Waals surface area contributed by atoms with E-state index in [2.05, 4.69) is 19.7 Å². The van der Waals surface area contributed by atoms with Crippen molar-refractivity contribution in [2.24, 2.45) is 0 Å². The first-order valence-corrected chi connectivity index (χ1v) is 12.1. The van der Waals surface area contributed by atoms with Crippen LogP contribution in [0.4, 0.5) is 0 Å². The smallest absolute Gasteiger partial charge is 0.192 e. The molecule has 9 heteroatoms. The van der Waals surface area contributed by atoms with Gasteiger partial charge in [0.05, 0.1) is 28.5 Å². The second-order valence-corrected chi connectivity index (χ2v) is 10.1. The van der Waals surface area contributed by atoms with Gasteiger partial charge < -0.3 is 9.72 Å². The van der Waals surface area contributed by atoms with E-state index in [1.165, 1.54) is 18.7 Å². The van der Waals surface area contributed by atoms with Crippen LogP contribution in [0.1, 0.15) is 58.8 Å². The van der Waals surface area contributed by atoms with Crippen LogP contribution in [-0.4, -0.2) is 49.3 Å². The van der Waals surface area contributed by atoms with Gasteiger partial charge in [0.1, 0.15) is 0 Å². The van der Waals surface area contributed by atoms with Crippen LogP contribution in [-0.2, 0) is 11.3 Å². The van der Waals surface area contributed by atoms with E-state index < -0.39 is 0 Å². The highest BCUT2D eigenvalue weighted by Crippen LogP contribution is 2.32. The molecule has 31 heavy (non-hydrogen) atoms. The first kappa shape index (κ1) is 22.0. The van der Waals surface area contributed by atoms with Gasteiger partial charge in [-0.05, 0) is 57.5 Å². The van der Waals surface area contributed by atoms with Crippen LogP contribution in [0, 0.1) is 13.8 Å². The molecule has 3 aromatic heterocycles. The summed E-state index contributed by atoms with van der Waals surface area (Å²) < 4.78 is 7.92. The molecule has 0 saturated carbocycles. The Hall–Kier alpha value is -2.23. The number of aromatic nitrogens is 4. The fraction of sp³-hybridized carbons (Fsp3) is 0.455. The summed E-state index contributed by atoms with van der Waals surface area (Å²) in [6.45, 7) is 8.48. The van der Waals surface area contributed by atoms with Gasteiger partial charge in [0.25, 0.3) is 0 Å². The number of nitrogens with one attached hydrogen (secondary N) is 1. The zero-order chi connectivity index (χ0) is 22.1. The Labute approximate surface area is 189 Å². The number of ketones is 2. The zero-order valence-corrected chi connectivity index (χ0v) is 19.7. The predicted octanol–water partition coefficient (Wildman–Crippen LogP) is 4.70. The summed E-state index contributed by atoms with van der Waals surface area (Å²) in [5.41, 5.74) is 2.53. The van der Waals surface area contributed by atoms with Crippen LogP contribution in [0.3, 0.4) is 0 Å². The SMILES string of the molecule is CC(=O)c1c(C)[nH]c(C(=O)[C@@H](C)Sc2nnc(-c3cccs3)n2C[C@@H]2CCCO2)c1C. The maximum atomic E-state index is 13.2. The molecule has 0 aromatic carbocycles. The number of hydrogen-bond acceptors (Lipinski definition) is 7. The summed E-state index contributed by atoms with van der Waals surface area (Å²) in [6, 6.07) is 4.02. The first-order chi connectivity index (χ1) is 14.9. The molecule has 1 fully saturated rings. The largest absolute Gasteiger partial charge is 0.376 e. The molecule has 1 aliphatic rings. The van der Waals surface area contributed by atoms with Gasteiger partial charge >= 0.3 is 0 Å². The number of nitrogens with zero attached hydrogens (tertiary/aromatic N) is 3. The fourth-order valence-corrected chi connectivity index (χ4v) is 5.69. The number of H-pyrrole nitrogens is 1. The number of Topliss-reactive ketones (excluding diaryl/α,β-unsaturated/α-hetero) is 2. The van der Waals surface area contributed by atoms with Crippen molar-refractivity contribution in [3.63, 3.8) is 0 Å². The Morgan fingerprint density at radius 3 is 2.81 bits per heavy atom. The van der Waals surface area contributed by atoms with Gasteiger partial charge in [0, 0.05) is 17.9 Å². The third-order valence-corrected chi connectivity index (χ3v) is 7.50. The van der Waals surface area contributed by atoms with Crippen LogP contribution < -0.4 is 0 Å². The molecule has 2 atom stereocenters. The summed E-state index contributed by atoms with van der Waals surface area (Å²) in [7, 11) is 0. The highest BCUT2D eigenvalue weighted by Gasteiger charge is 2.28. The predicted molar refractivity (Wildman–Crippen MR) is 122 cm³/mol. The maximum Gasteiger partial charge on any atom is 0.192 e. The van der Waals surface area contributed by atoms with Crippen LogP contribution in [0.2, 0.25) is 0 Å². The van der Waals surface area contributed by atoms with Gasteiger partial charge in [-0.25, -0.2) is 0 Å². The number of thioether (sulfide) groups is 1. The Kier molecular flexibility index (Phi) is 6.45. The van der Waals surface area contributed by atoms with E-state index in [9.17, 15) is 9.59 Å². The lowest BCUT2D eigenvalue weighted by Crippen LogP contribution is -2.19. The molecule has 4 heterocycles. The summed E-state index contributed by atoms with van der Waals surface area (Å²) >= 11 is 3.01. The topological polar surface area (TPSA) is 89.9 Å². The minimum atomic E-state index is -0.389. The minimum absolute atomic E-state index is 0.0393. The van der Waals surface area contributed by atoms with Crippen LogP contribution in [0.5, 0.6) is 0 Å². The quantitative estimate of drug-likeness (QED) is 0.389. The van der Waals surface area contributed by atoms with E-state index >= 15 is 0 Å². The van der Waals surface area contributed by atoms with E-state index in [-0.39, 0.29) is 22.9 Å². The molecule has 0 amide bonds. The fourth-order valence-electron chi connectivity index (χ4n) is 4.06. The molecule has 164 valence electrons. The number of rotatable bonds is 8. The zero-order valence-electron chi connectivity index (χ0n) is 18.1. The first-order valence-electron chi connectivity index (χ1n) is 10.4. The lowest BCUT2D eigenvalue weighted by molar-refractivity contribution is 0.0953. The molecule has 1 saturated heterocycles. The third-order valence-electron chi connectivity index (χ3n) is 5.56. The second kappa shape index (κ2) is 9.10. The number of ether oxygens (including phenoxy) is 1. The number of carbonyl (C=O) groups excluding carboxylic acids is 2. The van der Waals surface area contributed by atoms with E-state index in [0.717, 1.165) is 35.8 Å². The maximum absolute atomic E-state index is 13.2. The van der Waals surface area contributed by atoms with E-state index in [1.54, 1.807) is 11.3 Å². The van der Waals surface area contributed by atoms with Gasteiger partial charge in [-0.1, -0.05) is 17.8 Å². The molecule has 0 bridgehead atoms. The molecule has 7 nitrogen and oxygen atoms in total. The number of aryl methyl sites for hydroxylation is 1. The molecule has 0 aliphatic carbocycles. The van der Waals surface area contributed by atoms with E-state index in [1.807, 2.05) is 38.3 Å². The standard InChI is InChI=1S/C22H26N4O3S2/c1-12-18(14(3)27)13(2)23-19(12)20(28)15(4)31-22-25-24-21(17-8-6-10-30-17)26(22)11-16-7-5-9-29-16/h6,8,10,15-16,23H,5,7,9,11H2,1-4H3/t15-,16+/m1/s1. The molecular weight excluding hydrogens is 432 g/mol. The average Bonchev–Trinajstić information content (AvgIpc) is 3.50. The van der Waals surface area contributed by atoms with Crippen molar-refractivity contribution in [2.75, 3.05) is 6.61 Å². The third kappa shape index (κ3) is 4.40. The Balaban J connectivity index is 1.60. The molecule has 0 unspecified atom stereocenters. The van der Waals surface area contributed by atoms with Crippen LogP contribution in [0.25, 0.3) is 10.7 Å². The van der Waals surface area contributed by atoms with Crippen molar-refractivity contribution in [3.05, 3.63) is 40.0 Å². The Bertz CT molecular complexity index is 1090. The van der Waals surface area contributed by atoms with Crippen molar-refractivity contribution in [1.29, 1.82) is 0 Å². The lowest BCUT2D eigenvalue weighted by Gasteiger charge is -2.16. The van der Waals surface area contributed by atoms with Crippen molar-refractivity contribution in [1.82, 2.24) is 19.7 Å². The molecule has 0 radical (unpaired) electrons. The van der Waals surface area contributed by atoms with E-state index in [4.69, 9.17) is 4.74 Å². The van der Waals surface area contributed by atoms with E-state index in [0.29, 0.717) is 28.5 Å². The van der Waals surface area contributed by atoms with Gasteiger partial charge in [0.2, 0.25) is 0 Å². The van der Waals surface area contributed by atoms with Crippen molar-refractivity contribution >= 4 is 34.7 Å². The number of aromatic amines is 1. The van der Waals surface area contributed by atoms with Crippen LogP contribution in [0.15, 0.2) is 22.7 Å². The molecular formula is C22H26N4O3S2. The Morgan fingerprint density at radius 1 is 1.39 bits per heavy atom. The van der Waals surface area contributed by atoms with Crippen molar-refractivity contribution in [2.45, 2.75) is 63.6 Å². The Morgan fingerprint density at radius 2 is 2.19 bits per heavy atom. The highest BCUT2D eigenvalue weighted by atomic mass is 32.2. The molecule has 1 N–H and O–H groups in total. The normalized spacial score (nSPS) is 17.2. The molecule has 1 aliphatic heterocycles. The summed E-state index contributed by atoms with van der Waals surface area (Å²) in [5, 5.41) is 11.2. The molecule has 3 aromatic rings. The lowest BCUT2D eigenvalue weighted by atomic mass is 10.0. The monoisotopic (exact) mass is 458 g/mol. The molecule has 0 spiro atoms. The summed E-state index contributed by atoms with van der Waals surface area (Å²) in [4.78, 5) is 29.3. The van der Waals surface area contributed by atoms with Crippen LogP contribution >= 0.6 is 23.1 Å². The minimum Gasteiger partial charge on any atom is -0.376 e. The average molecular weight is 459 g/mol. The molecule has 4 rings (SSSR count). The van der Waals surface area contributed by atoms with Gasteiger partial charge in [-0.3, -0.25) is 14.2 Å². The summed E-state index contributed by atoms with van der Waals surface area (Å²) in [5.74, 6) is 0.711. The van der Waals surface area contributed by atoms with Gasteiger partial charge in [-0.15, -0.1) is 21.5 Å². The number of thiophene rings is 1. The van der Waals surface area contributed by atoms with Gasteiger partial charge in [-0.2, -0.15) is 0 Å². The number of hydrogen-bond donors (Lipinski definition) is 1. The van der Waals surface area contributed by atoms with Crippen molar-refractivity contribution in [3.8, 4) is 10.7 Å². The second-order valence-electron chi connectivity index (χ2n) is 7.83. The van der Waals surface area contributed by atoms with Crippen molar-refractivity contribution < 1.29 is 14.3 Å². The summed E-state index contributed by atoms with van der Waals surface area (Å²) in [6.07, 6.45) is 2.20.